The summed E-state index contributed by atoms with van der Waals surface area (Å²) in [5, 5.41) is 20.0. The van der Waals surface area contributed by atoms with Crippen LogP contribution in [0.5, 0.6) is 0 Å². The Bertz CT molecular complexity index is 571. The summed E-state index contributed by atoms with van der Waals surface area (Å²) in [6.07, 6.45) is 5.67. The molecule has 0 fully saturated rings. The van der Waals surface area contributed by atoms with Crippen molar-refractivity contribution >= 4 is 23.3 Å². The van der Waals surface area contributed by atoms with Gasteiger partial charge in [0.2, 0.25) is 0 Å². The summed E-state index contributed by atoms with van der Waals surface area (Å²) in [5.41, 5.74) is 3.94. The van der Waals surface area contributed by atoms with E-state index in [1.54, 1.807) is 17.7 Å². The lowest BCUT2D eigenvalue weighted by Crippen LogP contribution is -1.91. The highest BCUT2D eigenvalue weighted by atomic mass is 32.1. The number of aromatic amines is 1. The minimum absolute atomic E-state index is 0.558. The van der Waals surface area contributed by atoms with Gasteiger partial charge in [-0.25, -0.2) is 14.6 Å². The molecule has 7 heteroatoms. The molecule has 20 heavy (non-hydrogen) atoms. The van der Waals surface area contributed by atoms with Gasteiger partial charge in [0.05, 0.1) is 6.33 Å². The lowest BCUT2D eigenvalue weighted by atomic mass is 10.1. The van der Waals surface area contributed by atoms with Crippen molar-refractivity contribution in [3.05, 3.63) is 52.3 Å². The Hall–Kier alpha value is -2.41. The number of aryl methyl sites for hydroxylation is 1. The van der Waals surface area contributed by atoms with Crippen LogP contribution in [0.4, 0.5) is 0 Å². The van der Waals surface area contributed by atoms with Crippen LogP contribution in [0.2, 0.25) is 0 Å². The Kier molecular flexibility index (Phi) is 6.18. The van der Waals surface area contributed by atoms with Crippen molar-refractivity contribution in [2.24, 2.45) is 0 Å². The van der Waals surface area contributed by atoms with Crippen molar-refractivity contribution in [2.75, 3.05) is 0 Å². The molecule has 0 saturated carbocycles. The molecular formula is C13H14N2O4S. The van der Waals surface area contributed by atoms with E-state index in [9.17, 15) is 9.59 Å². The van der Waals surface area contributed by atoms with Gasteiger partial charge in [-0.1, -0.05) is 0 Å². The first-order valence-corrected chi connectivity index (χ1v) is 6.56. The molecule has 0 amide bonds. The number of aliphatic carboxylic acids is 2. The Morgan fingerprint density at radius 2 is 1.95 bits per heavy atom. The van der Waals surface area contributed by atoms with Crippen molar-refractivity contribution in [2.45, 2.75) is 13.3 Å². The van der Waals surface area contributed by atoms with Gasteiger partial charge < -0.3 is 15.2 Å². The zero-order valence-electron chi connectivity index (χ0n) is 10.7. The molecule has 2 aromatic heterocycles. The van der Waals surface area contributed by atoms with Gasteiger partial charge in [0.1, 0.15) is 0 Å². The van der Waals surface area contributed by atoms with Crippen LogP contribution in [0.1, 0.15) is 16.8 Å². The number of rotatable bonds is 4. The van der Waals surface area contributed by atoms with Crippen molar-refractivity contribution in [3.8, 4) is 0 Å². The number of hydrogen-bond acceptors (Lipinski definition) is 4. The fraction of sp³-hybridized carbons (Fsp3) is 0.154. The predicted octanol–water partition coefficient (Wildman–Crippen LogP) is 2.08. The van der Waals surface area contributed by atoms with E-state index in [0.717, 1.165) is 6.42 Å². The molecule has 3 N–H and O–H groups in total. The fourth-order valence-corrected chi connectivity index (χ4v) is 2.15. The molecule has 0 aromatic carbocycles. The molecule has 0 aliphatic carbocycles. The smallest absolute Gasteiger partial charge is 0.328 e. The minimum Gasteiger partial charge on any atom is -0.478 e. The number of hydrogen-bond donors (Lipinski definition) is 3. The molecule has 2 aromatic rings. The van der Waals surface area contributed by atoms with Gasteiger partial charge in [0, 0.05) is 30.5 Å². The van der Waals surface area contributed by atoms with Crippen molar-refractivity contribution in [3.63, 3.8) is 0 Å². The SMILES string of the molecule is Cc1cscc1Cc1cnc[nH]1.O=C(O)C=CC(=O)O. The summed E-state index contributed by atoms with van der Waals surface area (Å²) in [5.74, 6) is -2.51. The molecule has 0 spiro atoms. The van der Waals surface area contributed by atoms with E-state index < -0.39 is 11.9 Å². The molecule has 0 atom stereocenters. The number of nitrogens with one attached hydrogen (secondary N) is 1. The number of carbonyl (C=O) groups is 2. The maximum atomic E-state index is 9.55. The maximum Gasteiger partial charge on any atom is 0.328 e. The first-order chi connectivity index (χ1) is 9.49. The molecular weight excluding hydrogens is 280 g/mol. The molecule has 0 aliphatic rings. The van der Waals surface area contributed by atoms with E-state index in [2.05, 4.69) is 27.7 Å². The van der Waals surface area contributed by atoms with E-state index in [1.807, 2.05) is 6.20 Å². The van der Waals surface area contributed by atoms with Crippen LogP contribution in [-0.4, -0.2) is 32.1 Å². The zero-order valence-corrected chi connectivity index (χ0v) is 11.6. The standard InChI is InChI=1S/C9H10N2S.C4H4O4/c1-7-4-12-5-8(7)2-9-3-10-6-11-9;5-3(6)1-2-4(7)8/h3-6H,2H2,1H3,(H,10,11);1-2H,(H,5,6)(H,7,8). The van der Waals surface area contributed by atoms with Crippen LogP contribution in [0, 0.1) is 6.92 Å². The van der Waals surface area contributed by atoms with E-state index in [0.29, 0.717) is 12.2 Å². The zero-order chi connectivity index (χ0) is 15.0. The van der Waals surface area contributed by atoms with Gasteiger partial charge >= 0.3 is 11.9 Å². The summed E-state index contributed by atoms with van der Waals surface area (Å²) in [6.45, 7) is 2.14. The summed E-state index contributed by atoms with van der Waals surface area (Å²) >= 11 is 1.75. The van der Waals surface area contributed by atoms with Crippen LogP contribution in [0.15, 0.2) is 35.4 Å². The highest BCUT2D eigenvalue weighted by molar-refractivity contribution is 7.08. The van der Waals surface area contributed by atoms with Gasteiger partial charge in [-0.05, 0) is 28.8 Å². The van der Waals surface area contributed by atoms with Crippen molar-refractivity contribution in [1.82, 2.24) is 9.97 Å². The number of carboxylic acid groups (broad SMARTS) is 2. The predicted molar refractivity (Wildman–Crippen MR) is 74.9 cm³/mol. The highest BCUT2D eigenvalue weighted by Gasteiger charge is 2.00. The lowest BCUT2D eigenvalue weighted by Gasteiger charge is -1.95. The first-order valence-electron chi connectivity index (χ1n) is 5.62. The molecule has 6 nitrogen and oxygen atoms in total. The number of imidazole rings is 1. The van der Waals surface area contributed by atoms with Crippen LogP contribution < -0.4 is 0 Å². The number of thiophene rings is 1. The Labute approximate surface area is 119 Å². The molecule has 0 radical (unpaired) electrons. The molecule has 0 unspecified atom stereocenters. The molecule has 0 aliphatic heterocycles. The topological polar surface area (TPSA) is 103 Å². The van der Waals surface area contributed by atoms with Gasteiger partial charge in [0.15, 0.2) is 0 Å². The Morgan fingerprint density at radius 1 is 1.30 bits per heavy atom. The van der Waals surface area contributed by atoms with Crippen LogP contribution in [-0.2, 0) is 16.0 Å². The second-order valence-corrected chi connectivity index (χ2v) is 4.59. The van der Waals surface area contributed by atoms with Gasteiger partial charge in [-0.15, -0.1) is 0 Å². The monoisotopic (exact) mass is 294 g/mol. The normalized spacial score (nSPS) is 10.1. The van der Waals surface area contributed by atoms with Crippen LogP contribution in [0.3, 0.4) is 0 Å². The van der Waals surface area contributed by atoms with E-state index >= 15 is 0 Å². The third-order valence-electron chi connectivity index (χ3n) is 2.27. The molecule has 2 heterocycles. The maximum absolute atomic E-state index is 9.55. The van der Waals surface area contributed by atoms with E-state index in [4.69, 9.17) is 10.2 Å². The second-order valence-electron chi connectivity index (χ2n) is 3.84. The summed E-state index contributed by atoms with van der Waals surface area (Å²) < 4.78 is 0. The number of aromatic nitrogens is 2. The highest BCUT2D eigenvalue weighted by Crippen LogP contribution is 2.16. The first kappa shape index (κ1) is 15.6. The van der Waals surface area contributed by atoms with Gasteiger partial charge in [-0.3, -0.25) is 0 Å². The Morgan fingerprint density at radius 3 is 2.35 bits per heavy atom. The second kappa shape index (κ2) is 7.90. The number of carboxylic acids is 2. The average molecular weight is 294 g/mol. The van der Waals surface area contributed by atoms with Crippen molar-refractivity contribution in [1.29, 1.82) is 0 Å². The van der Waals surface area contributed by atoms with Gasteiger partial charge in [0.25, 0.3) is 0 Å². The van der Waals surface area contributed by atoms with Crippen LogP contribution in [0.25, 0.3) is 0 Å². The molecule has 0 saturated heterocycles. The molecule has 106 valence electrons. The van der Waals surface area contributed by atoms with Crippen molar-refractivity contribution < 1.29 is 19.8 Å². The summed E-state index contributed by atoms with van der Waals surface area (Å²) in [6, 6.07) is 0. The third kappa shape index (κ3) is 5.96. The number of nitrogens with zero attached hydrogens (tertiary/aromatic N) is 1. The van der Waals surface area contributed by atoms with Crippen LogP contribution >= 0.6 is 11.3 Å². The molecule has 2 rings (SSSR count). The Balaban J connectivity index is 0.000000221. The largest absolute Gasteiger partial charge is 0.478 e. The van der Waals surface area contributed by atoms with Gasteiger partial charge in [-0.2, -0.15) is 11.3 Å². The summed E-state index contributed by atoms with van der Waals surface area (Å²) in [7, 11) is 0. The summed E-state index contributed by atoms with van der Waals surface area (Å²) in [4.78, 5) is 26.2. The van der Waals surface area contributed by atoms with E-state index in [1.165, 1.54) is 16.8 Å². The van der Waals surface area contributed by atoms with E-state index in [-0.39, 0.29) is 0 Å². The lowest BCUT2D eigenvalue weighted by molar-refractivity contribution is -0.134. The molecule has 0 bridgehead atoms. The fourth-order valence-electron chi connectivity index (χ4n) is 1.30. The third-order valence-corrected chi connectivity index (χ3v) is 3.18. The number of H-pyrrole nitrogens is 1. The average Bonchev–Trinajstić information content (AvgIpc) is 3.01. The minimum atomic E-state index is -1.26. The quantitative estimate of drug-likeness (QED) is 0.749.